The normalized spacial score (nSPS) is 12.0. The van der Waals surface area contributed by atoms with Crippen LogP contribution < -0.4 is 0 Å². The minimum Gasteiger partial charge on any atom is -0.463 e. The summed E-state index contributed by atoms with van der Waals surface area (Å²) in [6.45, 7) is 5.01. The molecule has 138 valence electrons. The highest BCUT2D eigenvalue weighted by Gasteiger charge is 2.08. The highest BCUT2D eigenvalue weighted by atomic mass is 16.5. The van der Waals surface area contributed by atoms with Crippen molar-refractivity contribution < 1.29 is 9.53 Å². The average molecular weight is 359 g/mol. The Morgan fingerprint density at radius 3 is 2.52 bits per heavy atom. The molecular formula is C24H25NO2. The second kappa shape index (κ2) is 9.04. The topological polar surface area (TPSA) is 31.2 Å². The minimum absolute atomic E-state index is 0.240. The number of nitrogens with zero attached hydrogens (tertiary/aromatic N) is 1. The smallest absolute Gasteiger partial charge is 0.333 e. The number of fused-ring (bicyclic) bond motifs is 1. The molecule has 3 nitrogen and oxygen atoms in total. The van der Waals surface area contributed by atoms with Gasteiger partial charge in [-0.25, -0.2) is 4.79 Å². The lowest BCUT2D eigenvalue weighted by Crippen LogP contribution is -2.06. The van der Waals surface area contributed by atoms with Crippen LogP contribution in [0.15, 0.2) is 78.5 Å². The number of carbonyl (C=O) groups is 1. The van der Waals surface area contributed by atoms with E-state index in [0.717, 1.165) is 12.1 Å². The molecular weight excluding hydrogens is 334 g/mol. The molecule has 27 heavy (non-hydrogen) atoms. The fourth-order valence-corrected chi connectivity index (χ4v) is 3.14. The summed E-state index contributed by atoms with van der Waals surface area (Å²) in [6, 6.07) is 18.8. The Bertz CT molecular complexity index is 964. The summed E-state index contributed by atoms with van der Waals surface area (Å²) in [5.41, 5.74) is 4.29. The molecule has 0 saturated carbocycles. The van der Waals surface area contributed by atoms with Crippen LogP contribution in [-0.2, 0) is 16.1 Å². The van der Waals surface area contributed by atoms with Crippen molar-refractivity contribution in [2.45, 2.75) is 26.8 Å². The summed E-state index contributed by atoms with van der Waals surface area (Å²) in [5, 5.41) is 1.20. The van der Waals surface area contributed by atoms with E-state index in [0.29, 0.717) is 18.6 Å². The van der Waals surface area contributed by atoms with Gasteiger partial charge in [0.15, 0.2) is 0 Å². The van der Waals surface area contributed by atoms with Gasteiger partial charge in [-0.15, -0.1) is 0 Å². The van der Waals surface area contributed by atoms with Gasteiger partial charge >= 0.3 is 5.97 Å². The number of benzene rings is 2. The van der Waals surface area contributed by atoms with Crippen LogP contribution in [0.3, 0.4) is 0 Å². The van der Waals surface area contributed by atoms with Crippen molar-refractivity contribution in [2.75, 3.05) is 6.61 Å². The van der Waals surface area contributed by atoms with Crippen LogP contribution in [-0.4, -0.2) is 17.1 Å². The number of aromatic nitrogens is 1. The quantitative estimate of drug-likeness (QED) is 0.312. The molecule has 0 aliphatic carbocycles. The molecule has 3 heteroatoms. The second-order valence-corrected chi connectivity index (χ2v) is 6.34. The highest BCUT2D eigenvalue weighted by molar-refractivity contribution is 5.91. The molecule has 1 heterocycles. The van der Waals surface area contributed by atoms with E-state index in [4.69, 9.17) is 4.74 Å². The van der Waals surface area contributed by atoms with E-state index in [2.05, 4.69) is 65.4 Å². The fourth-order valence-electron chi connectivity index (χ4n) is 3.14. The average Bonchev–Trinajstić information content (AvgIpc) is 3.04. The largest absolute Gasteiger partial charge is 0.463 e. The van der Waals surface area contributed by atoms with Crippen molar-refractivity contribution in [2.24, 2.45) is 0 Å². The molecule has 0 N–H and O–H groups in total. The van der Waals surface area contributed by atoms with Crippen LogP contribution in [0.5, 0.6) is 0 Å². The Morgan fingerprint density at radius 1 is 1.04 bits per heavy atom. The van der Waals surface area contributed by atoms with Crippen molar-refractivity contribution in [3.05, 3.63) is 89.6 Å². The summed E-state index contributed by atoms with van der Waals surface area (Å²) in [4.78, 5) is 11.9. The third kappa shape index (κ3) is 4.56. The molecule has 0 radical (unpaired) electrons. The van der Waals surface area contributed by atoms with Gasteiger partial charge < -0.3 is 9.30 Å². The van der Waals surface area contributed by atoms with Crippen molar-refractivity contribution in [3.8, 4) is 0 Å². The molecule has 0 aliphatic heterocycles. The zero-order valence-electron chi connectivity index (χ0n) is 15.9. The molecule has 0 saturated heterocycles. The maximum atomic E-state index is 11.9. The van der Waals surface area contributed by atoms with Gasteiger partial charge in [-0.1, -0.05) is 73.7 Å². The first-order valence-electron chi connectivity index (χ1n) is 9.39. The molecule has 0 aliphatic rings. The maximum absolute atomic E-state index is 11.9. The third-order valence-corrected chi connectivity index (χ3v) is 4.51. The Morgan fingerprint density at radius 2 is 1.78 bits per heavy atom. The molecule has 0 bridgehead atoms. The first-order chi connectivity index (χ1) is 13.2. The first kappa shape index (κ1) is 18.7. The first-order valence-corrected chi connectivity index (χ1v) is 9.39. The molecule has 3 rings (SSSR count). The Hall–Kier alpha value is -3.07. The van der Waals surface area contributed by atoms with Crippen LogP contribution in [0.25, 0.3) is 17.0 Å². The lowest BCUT2D eigenvalue weighted by molar-refractivity contribution is -0.138. The van der Waals surface area contributed by atoms with E-state index in [9.17, 15) is 4.79 Å². The number of para-hydroxylation sites is 1. The lowest BCUT2D eigenvalue weighted by Gasteiger charge is -2.05. The molecule has 3 aromatic rings. The number of rotatable bonds is 7. The number of ether oxygens (including phenoxy) is 1. The fraction of sp³-hybridized carbons (Fsp3) is 0.208. The van der Waals surface area contributed by atoms with Crippen LogP contribution in [0.1, 0.15) is 31.4 Å². The third-order valence-electron chi connectivity index (χ3n) is 4.51. The van der Waals surface area contributed by atoms with Crippen LogP contribution >= 0.6 is 0 Å². The molecule has 0 fully saturated rings. The second-order valence-electron chi connectivity index (χ2n) is 6.34. The van der Waals surface area contributed by atoms with Crippen molar-refractivity contribution in [1.29, 1.82) is 0 Å². The van der Waals surface area contributed by atoms with Gasteiger partial charge in [-0.3, -0.25) is 0 Å². The van der Waals surface area contributed by atoms with Crippen LogP contribution in [0.2, 0.25) is 0 Å². The Labute approximate surface area is 160 Å². The summed E-state index contributed by atoms with van der Waals surface area (Å²) in [7, 11) is 0. The van der Waals surface area contributed by atoms with Gasteiger partial charge in [0, 0.05) is 29.2 Å². The zero-order valence-corrected chi connectivity index (χ0v) is 15.9. The van der Waals surface area contributed by atoms with Crippen molar-refractivity contribution in [1.82, 2.24) is 4.57 Å². The molecule has 2 aromatic carbocycles. The van der Waals surface area contributed by atoms with E-state index in [1.165, 1.54) is 16.5 Å². The van der Waals surface area contributed by atoms with E-state index >= 15 is 0 Å². The maximum Gasteiger partial charge on any atom is 0.333 e. The van der Waals surface area contributed by atoms with Crippen molar-refractivity contribution in [3.63, 3.8) is 0 Å². The lowest BCUT2D eigenvalue weighted by atomic mass is 10.1. The number of allylic oxidation sites excluding steroid dienone is 2. The minimum atomic E-state index is -0.240. The van der Waals surface area contributed by atoms with E-state index in [-0.39, 0.29) is 5.97 Å². The summed E-state index contributed by atoms with van der Waals surface area (Å²) < 4.78 is 7.36. The monoisotopic (exact) mass is 359 g/mol. The van der Waals surface area contributed by atoms with Gasteiger partial charge in [0.05, 0.1) is 6.61 Å². The molecule has 0 spiro atoms. The predicted molar refractivity (Wildman–Crippen MR) is 112 cm³/mol. The highest BCUT2D eigenvalue weighted by Crippen LogP contribution is 2.23. The molecule has 1 aromatic heterocycles. The van der Waals surface area contributed by atoms with Crippen molar-refractivity contribution >= 4 is 22.9 Å². The Kier molecular flexibility index (Phi) is 6.26. The summed E-state index contributed by atoms with van der Waals surface area (Å²) >= 11 is 0. The number of hydrogen-bond donors (Lipinski definition) is 0. The van der Waals surface area contributed by atoms with Gasteiger partial charge in [0.25, 0.3) is 0 Å². The van der Waals surface area contributed by atoms with E-state index in [1.807, 2.05) is 32.1 Å². The van der Waals surface area contributed by atoms with Crippen LogP contribution in [0, 0.1) is 0 Å². The molecule has 0 atom stereocenters. The van der Waals surface area contributed by atoms with E-state index < -0.39 is 0 Å². The SMILES string of the molecule is CCOC(=O)C(=CC=Cc1cn(Cc2ccccc2)c2ccccc12)CC. The van der Waals surface area contributed by atoms with Gasteiger partial charge in [-0.05, 0) is 30.5 Å². The van der Waals surface area contributed by atoms with Gasteiger partial charge in [-0.2, -0.15) is 0 Å². The zero-order chi connectivity index (χ0) is 19.1. The predicted octanol–water partition coefficient (Wildman–Crippen LogP) is 5.60. The van der Waals surface area contributed by atoms with Gasteiger partial charge in [0.2, 0.25) is 0 Å². The Balaban J connectivity index is 1.90. The number of carbonyl (C=O) groups excluding carboxylic acids is 1. The summed E-state index contributed by atoms with van der Waals surface area (Å²) in [6.07, 6.45) is 8.65. The molecule has 0 amide bonds. The number of hydrogen-bond acceptors (Lipinski definition) is 2. The summed E-state index contributed by atoms with van der Waals surface area (Å²) in [5.74, 6) is -0.240. The standard InChI is InChI=1S/C24H25NO2/c1-3-20(24(26)27-4-2)13-10-14-21-18-25(17-19-11-6-5-7-12-19)23-16-9-8-15-22(21)23/h5-16,18H,3-4,17H2,1-2H3. The van der Waals surface area contributed by atoms with Crippen LogP contribution in [0.4, 0.5) is 0 Å². The van der Waals surface area contributed by atoms with Gasteiger partial charge in [0.1, 0.15) is 0 Å². The van der Waals surface area contributed by atoms with E-state index in [1.54, 1.807) is 0 Å². The number of esters is 1. The molecule has 0 unspecified atom stereocenters.